The fourth-order valence-electron chi connectivity index (χ4n) is 2.89. The van der Waals surface area contributed by atoms with E-state index in [9.17, 15) is 4.79 Å². The van der Waals surface area contributed by atoms with E-state index in [0.717, 1.165) is 16.7 Å². The Bertz CT molecular complexity index is 873. The number of carbonyl (C=O) groups is 1. The molecule has 1 saturated heterocycles. The van der Waals surface area contributed by atoms with Crippen molar-refractivity contribution in [1.82, 2.24) is 20.0 Å². The van der Waals surface area contributed by atoms with E-state index in [-0.39, 0.29) is 12.5 Å². The molecule has 144 valence electrons. The minimum atomic E-state index is 0.0475. The highest BCUT2D eigenvalue weighted by Gasteiger charge is 2.21. The predicted molar refractivity (Wildman–Crippen MR) is 104 cm³/mol. The fraction of sp³-hybridized carbons (Fsp3) is 0.368. The second-order valence-electron chi connectivity index (χ2n) is 6.45. The molecule has 1 fully saturated rings. The van der Waals surface area contributed by atoms with Crippen molar-refractivity contribution in [3.63, 3.8) is 0 Å². The summed E-state index contributed by atoms with van der Waals surface area (Å²) in [6.07, 6.45) is 1.76. The minimum Gasteiger partial charge on any atom is -0.491 e. The molecule has 0 atom stereocenters. The van der Waals surface area contributed by atoms with E-state index in [2.05, 4.69) is 16.8 Å². The van der Waals surface area contributed by atoms with Crippen LogP contribution in [0.3, 0.4) is 0 Å². The van der Waals surface area contributed by atoms with Gasteiger partial charge in [0, 0.05) is 32.6 Å². The van der Waals surface area contributed by atoms with Crippen LogP contribution in [-0.2, 0) is 9.53 Å². The zero-order chi connectivity index (χ0) is 19.4. The van der Waals surface area contributed by atoms with Crippen molar-refractivity contribution in [1.29, 1.82) is 0 Å². The maximum atomic E-state index is 11.9. The number of likely N-dealkylation sites (N-methyl/N-ethyl adjacent to an activating group) is 1. The lowest BCUT2D eigenvalue weighted by Crippen LogP contribution is -2.49. The first-order valence-electron chi connectivity index (χ1n) is 8.75. The number of allylic oxidation sites excluding steroid dienone is 2. The van der Waals surface area contributed by atoms with Gasteiger partial charge in [-0.25, -0.2) is 0 Å². The lowest BCUT2D eigenvalue weighted by Gasteiger charge is -2.33. The van der Waals surface area contributed by atoms with Crippen LogP contribution in [0.25, 0.3) is 16.5 Å². The highest BCUT2D eigenvalue weighted by Crippen LogP contribution is 2.27. The molecular formula is C19H25N5O3. The number of ether oxygens (including phenoxy) is 2. The second kappa shape index (κ2) is 8.13. The van der Waals surface area contributed by atoms with Gasteiger partial charge in [-0.05, 0) is 29.8 Å². The molecular weight excluding hydrogens is 346 g/mol. The maximum Gasteiger partial charge on any atom is 0.241 e. The Hall–Kier alpha value is -3.00. The number of aromatic amines is 1. The van der Waals surface area contributed by atoms with Crippen LogP contribution >= 0.6 is 0 Å². The number of hydrogen-bond donors (Lipinski definition) is 2. The van der Waals surface area contributed by atoms with E-state index in [1.807, 2.05) is 23.1 Å². The molecule has 3 rings (SSSR count). The normalized spacial score (nSPS) is 15.5. The molecule has 0 radical (unpaired) electrons. The number of H-pyrrole nitrogens is 1. The third-order valence-corrected chi connectivity index (χ3v) is 4.54. The van der Waals surface area contributed by atoms with Gasteiger partial charge >= 0.3 is 0 Å². The summed E-state index contributed by atoms with van der Waals surface area (Å²) in [5.41, 5.74) is 8.44. The number of piperazine rings is 1. The van der Waals surface area contributed by atoms with Gasteiger partial charge in [0.25, 0.3) is 0 Å². The van der Waals surface area contributed by atoms with E-state index >= 15 is 0 Å². The lowest BCUT2D eigenvalue weighted by atomic mass is 10.1. The number of aromatic nitrogens is 2. The first-order chi connectivity index (χ1) is 13.0. The summed E-state index contributed by atoms with van der Waals surface area (Å²) in [6.45, 7) is 6.70. The van der Waals surface area contributed by atoms with Crippen molar-refractivity contribution < 1.29 is 14.3 Å². The van der Waals surface area contributed by atoms with Crippen LogP contribution in [0.4, 0.5) is 0 Å². The van der Waals surface area contributed by atoms with Gasteiger partial charge < -0.3 is 25.0 Å². The number of methoxy groups -OCH3 is 1. The SMILES string of the molecule is C=C(/C=C(\N)N1CCN(C)C(=O)C1)c1n[nH]c2ccc(OCCOC)cc12. The third-order valence-electron chi connectivity index (χ3n) is 4.54. The molecule has 8 nitrogen and oxygen atoms in total. The van der Waals surface area contributed by atoms with E-state index in [1.54, 1.807) is 25.1 Å². The number of benzene rings is 1. The number of nitrogens with one attached hydrogen (secondary N) is 1. The molecule has 1 aromatic carbocycles. The quantitative estimate of drug-likeness (QED) is 0.560. The summed E-state index contributed by atoms with van der Waals surface area (Å²) in [7, 11) is 3.43. The first-order valence-corrected chi connectivity index (χ1v) is 8.75. The van der Waals surface area contributed by atoms with Crippen LogP contribution in [-0.4, -0.2) is 72.9 Å². The number of amides is 1. The number of hydrogen-bond acceptors (Lipinski definition) is 6. The molecule has 3 N–H and O–H groups in total. The molecule has 0 spiro atoms. The van der Waals surface area contributed by atoms with E-state index in [0.29, 0.717) is 43.4 Å². The summed E-state index contributed by atoms with van der Waals surface area (Å²) < 4.78 is 10.7. The Balaban J connectivity index is 1.78. The van der Waals surface area contributed by atoms with Gasteiger partial charge in [0.05, 0.1) is 30.2 Å². The Morgan fingerprint density at radius 1 is 1.41 bits per heavy atom. The number of nitrogens with zero attached hydrogens (tertiary/aromatic N) is 3. The Kier molecular flexibility index (Phi) is 5.66. The predicted octanol–water partition coefficient (Wildman–Crippen LogP) is 1.18. The van der Waals surface area contributed by atoms with Crippen LogP contribution < -0.4 is 10.5 Å². The van der Waals surface area contributed by atoms with Crippen LogP contribution in [0.15, 0.2) is 36.7 Å². The molecule has 1 aliphatic rings. The van der Waals surface area contributed by atoms with Crippen LogP contribution in [0.5, 0.6) is 5.75 Å². The van der Waals surface area contributed by atoms with Crippen LogP contribution in [0, 0.1) is 0 Å². The monoisotopic (exact) mass is 371 g/mol. The largest absolute Gasteiger partial charge is 0.491 e. The molecule has 0 saturated carbocycles. The smallest absolute Gasteiger partial charge is 0.241 e. The molecule has 0 bridgehead atoms. The number of carbonyl (C=O) groups excluding carboxylic acids is 1. The number of fused-ring (bicyclic) bond motifs is 1. The summed E-state index contributed by atoms with van der Waals surface area (Å²) in [5.74, 6) is 1.29. The third kappa shape index (κ3) is 4.22. The lowest BCUT2D eigenvalue weighted by molar-refractivity contribution is -0.133. The van der Waals surface area contributed by atoms with E-state index in [1.165, 1.54) is 0 Å². The van der Waals surface area contributed by atoms with E-state index < -0.39 is 0 Å². The second-order valence-corrected chi connectivity index (χ2v) is 6.45. The van der Waals surface area contributed by atoms with Crippen molar-refractivity contribution in [3.05, 3.63) is 42.4 Å². The van der Waals surface area contributed by atoms with Gasteiger partial charge in [0.2, 0.25) is 5.91 Å². The summed E-state index contributed by atoms with van der Waals surface area (Å²) in [5, 5.41) is 8.25. The van der Waals surface area contributed by atoms with E-state index in [4.69, 9.17) is 15.2 Å². The van der Waals surface area contributed by atoms with Crippen LogP contribution in [0.2, 0.25) is 0 Å². The average Bonchev–Trinajstić information content (AvgIpc) is 3.07. The molecule has 2 heterocycles. The highest BCUT2D eigenvalue weighted by molar-refractivity contribution is 5.93. The Morgan fingerprint density at radius 3 is 2.96 bits per heavy atom. The van der Waals surface area contributed by atoms with Gasteiger partial charge in [-0.15, -0.1) is 0 Å². The average molecular weight is 371 g/mol. The summed E-state index contributed by atoms with van der Waals surface area (Å²) in [6, 6.07) is 5.70. The zero-order valence-electron chi connectivity index (χ0n) is 15.7. The summed E-state index contributed by atoms with van der Waals surface area (Å²) >= 11 is 0. The molecule has 2 aromatic rings. The molecule has 1 amide bonds. The molecule has 1 aliphatic heterocycles. The molecule has 0 aliphatic carbocycles. The van der Waals surface area contributed by atoms with Gasteiger partial charge in [-0.1, -0.05) is 6.58 Å². The first kappa shape index (κ1) is 18.8. The Labute approximate surface area is 158 Å². The Morgan fingerprint density at radius 2 is 2.22 bits per heavy atom. The highest BCUT2D eigenvalue weighted by atomic mass is 16.5. The van der Waals surface area contributed by atoms with Gasteiger partial charge in [0.15, 0.2) is 0 Å². The van der Waals surface area contributed by atoms with Crippen molar-refractivity contribution >= 4 is 22.4 Å². The maximum absolute atomic E-state index is 11.9. The number of nitrogens with two attached hydrogens (primary N) is 1. The standard InChI is InChI=1S/C19H25N5O3/c1-13(10-17(20)24-7-6-23(2)18(25)12-24)19-15-11-14(27-9-8-26-3)4-5-16(15)21-22-19/h4-5,10-11H,1,6-9,12,20H2,2-3H3,(H,21,22)/b17-10+. The van der Waals surface area contributed by atoms with Gasteiger partial charge in [-0.3, -0.25) is 9.89 Å². The molecule has 0 unspecified atom stereocenters. The molecule has 27 heavy (non-hydrogen) atoms. The summed E-state index contributed by atoms with van der Waals surface area (Å²) in [4.78, 5) is 15.4. The van der Waals surface area contributed by atoms with Crippen molar-refractivity contribution in [2.75, 3.05) is 47.0 Å². The molecule has 8 heteroatoms. The topological polar surface area (TPSA) is 96.7 Å². The zero-order valence-corrected chi connectivity index (χ0v) is 15.7. The van der Waals surface area contributed by atoms with Crippen molar-refractivity contribution in [2.24, 2.45) is 5.73 Å². The van der Waals surface area contributed by atoms with Gasteiger partial charge in [0.1, 0.15) is 12.4 Å². The van der Waals surface area contributed by atoms with Crippen LogP contribution in [0.1, 0.15) is 5.69 Å². The van der Waals surface area contributed by atoms with Crippen molar-refractivity contribution in [3.8, 4) is 5.75 Å². The van der Waals surface area contributed by atoms with Gasteiger partial charge in [-0.2, -0.15) is 5.10 Å². The van der Waals surface area contributed by atoms with Crippen molar-refractivity contribution in [2.45, 2.75) is 0 Å². The number of rotatable bonds is 7. The molecule has 1 aromatic heterocycles. The fourth-order valence-corrected chi connectivity index (χ4v) is 2.89. The minimum absolute atomic E-state index is 0.0475.